The fourth-order valence-electron chi connectivity index (χ4n) is 2.49. The van der Waals surface area contributed by atoms with Crippen LogP contribution < -0.4 is 10.7 Å². The molecule has 0 aliphatic carbocycles. The average molecular weight is 374 g/mol. The molecule has 0 spiro atoms. The van der Waals surface area contributed by atoms with Gasteiger partial charge in [0.05, 0.1) is 11.1 Å². The topological polar surface area (TPSA) is 96.6 Å². The Morgan fingerprint density at radius 1 is 1.00 bits per heavy atom. The summed E-state index contributed by atoms with van der Waals surface area (Å²) in [6.07, 6.45) is 1.36. The number of nitrogens with one attached hydrogen (secondary N) is 2. The molecule has 0 fully saturated rings. The minimum absolute atomic E-state index is 0.0335. The van der Waals surface area contributed by atoms with Gasteiger partial charge in [-0.1, -0.05) is 42.5 Å². The van der Waals surface area contributed by atoms with Crippen LogP contribution in [0.3, 0.4) is 0 Å². The standard InChI is InChI=1S/C21H18N4O3/c26-21(24-23-15-17-7-4-8-20(13-17)25(27)28)18-9-11-19(12-10-18)22-14-16-5-2-1-3-6-16/h1-13,15,22H,14H2,(H,24,26)/b23-15+. The molecule has 0 unspecified atom stereocenters. The first-order valence-electron chi connectivity index (χ1n) is 8.57. The number of rotatable bonds is 7. The van der Waals surface area contributed by atoms with Crippen molar-refractivity contribution >= 4 is 23.5 Å². The minimum Gasteiger partial charge on any atom is -0.381 e. The van der Waals surface area contributed by atoms with Gasteiger partial charge in [-0.05, 0) is 29.8 Å². The van der Waals surface area contributed by atoms with Gasteiger partial charge in [-0.2, -0.15) is 5.10 Å². The number of nitro groups is 1. The van der Waals surface area contributed by atoms with Crippen LogP contribution in [0.25, 0.3) is 0 Å². The van der Waals surface area contributed by atoms with E-state index in [1.807, 2.05) is 42.5 Å². The quantitative estimate of drug-likeness (QED) is 0.371. The lowest BCUT2D eigenvalue weighted by molar-refractivity contribution is -0.384. The van der Waals surface area contributed by atoms with Gasteiger partial charge in [-0.3, -0.25) is 14.9 Å². The molecule has 3 aromatic carbocycles. The summed E-state index contributed by atoms with van der Waals surface area (Å²) in [6, 6.07) is 23.0. The number of carbonyl (C=O) groups is 1. The van der Waals surface area contributed by atoms with Crippen molar-refractivity contribution in [2.75, 3.05) is 5.32 Å². The molecule has 0 saturated heterocycles. The third-order valence-corrected chi connectivity index (χ3v) is 3.95. The number of hydrogen-bond acceptors (Lipinski definition) is 5. The maximum Gasteiger partial charge on any atom is 0.271 e. The van der Waals surface area contributed by atoms with Gasteiger partial charge >= 0.3 is 0 Å². The van der Waals surface area contributed by atoms with Crippen LogP contribution in [-0.4, -0.2) is 17.0 Å². The molecule has 7 heteroatoms. The molecule has 0 bridgehead atoms. The van der Waals surface area contributed by atoms with Gasteiger partial charge in [0.15, 0.2) is 0 Å². The van der Waals surface area contributed by atoms with Crippen molar-refractivity contribution in [2.24, 2.45) is 5.10 Å². The van der Waals surface area contributed by atoms with E-state index >= 15 is 0 Å². The minimum atomic E-state index is -0.483. The van der Waals surface area contributed by atoms with Crippen LogP contribution in [0.1, 0.15) is 21.5 Å². The molecule has 0 atom stereocenters. The van der Waals surface area contributed by atoms with E-state index in [2.05, 4.69) is 15.8 Å². The average Bonchev–Trinajstić information content (AvgIpc) is 2.73. The second-order valence-corrected chi connectivity index (χ2v) is 5.97. The summed E-state index contributed by atoms with van der Waals surface area (Å²) in [5.41, 5.74) is 5.43. The van der Waals surface area contributed by atoms with Gasteiger partial charge in [-0.15, -0.1) is 0 Å². The highest BCUT2D eigenvalue weighted by Gasteiger charge is 2.06. The van der Waals surface area contributed by atoms with E-state index in [1.165, 1.54) is 23.9 Å². The van der Waals surface area contributed by atoms with Crippen molar-refractivity contribution in [1.82, 2.24) is 5.43 Å². The first kappa shape index (κ1) is 18.8. The van der Waals surface area contributed by atoms with E-state index < -0.39 is 4.92 Å². The number of amides is 1. The predicted octanol–water partition coefficient (Wildman–Crippen LogP) is 3.97. The Balaban J connectivity index is 1.54. The monoisotopic (exact) mass is 374 g/mol. The molecule has 28 heavy (non-hydrogen) atoms. The van der Waals surface area contributed by atoms with E-state index in [1.54, 1.807) is 24.3 Å². The van der Waals surface area contributed by atoms with Crippen LogP contribution in [-0.2, 0) is 6.54 Å². The Hall–Kier alpha value is -4.00. The Kier molecular flexibility index (Phi) is 6.10. The summed E-state index contributed by atoms with van der Waals surface area (Å²) in [5.74, 6) is -0.365. The molecule has 0 saturated carbocycles. The fraction of sp³-hybridized carbons (Fsp3) is 0.0476. The van der Waals surface area contributed by atoms with Gasteiger partial charge in [-0.25, -0.2) is 5.43 Å². The molecule has 3 aromatic rings. The molecule has 0 aliphatic rings. The first-order valence-corrected chi connectivity index (χ1v) is 8.57. The smallest absolute Gasteiger partial charge is 0.271 e. The summed E-state index contributed by atoms with van der Waals surface area (Å²) in [4.78, 5) is 22.4. The second kappa shape index (κ2) is 9.09. The van der Waals surface area contributed by atoms with Crippen LogP contribution >= 0.6 is 0 Å². The normalized spacial score (nSPS) is 10.6. The van der Waals surface area contributed by atoms with Gasteiger partial charge < -0.3 is 5.32 Å². The van der Waals surface area contributed by atoms with Crippen LogP contribution in [0.15, 0.2) is 84.0 Å². The van der Waals surface area contributed by atoms with Gasteiger partial charge in [0.1, 0.15) is 0 Å². The van der Waals surface area contributed by atoms with Crippen LogP contribution in [0.4, 0.5) is 11.4 Å². The number of nitrogens with zero attached hydrogens (tertiary/aromatic N) is 2. The summed E-state index contributed by atoms with van der Waals surface area (Å²) < 4.78 is 0. The zero-order chi connectivity index (χ0) is 19.8. The summed E-state index contributed by atoms with van der Waals surface area (Å²) in [5, 5.41) is 17.9. The number of hydrogen-bond donors (Lipinski definition) is 2. The van der Waals surface area contributed by atoms with Crippen molar-refractivity contribution in [2.45, 2.75) is 6.54 Å². The summed E-state index contributed by atoms with van der Waals surface area (Å²) >= 11 is 0. The highest BCUT2D eigenvalue weighted by molar-refractivity contribution is 5.95. The van der Waals surface area contributed by atoms with E-state index in [0.29, 0.717) is 17.7 Å². The number of carbonyl (C=O) groups excluding carboxylic acids is 1. The number of anilines is 1. The predicted molar refractivity (Wildman–Crippen MR) is 108 cm³/mol. The van der Waals surface area contributed by atoms with Crippen LogP contribution in [0.2, 0.25) is 0 Å². The highest BCUT2D eigenvalue weighted by Crippen LogP contribution is 2.12. The lowest BCUT2D eigenvalue weighted by atomic mass is 10.2. The molecule has 3 rings (SSSR count). The fourth-order valence-corrected chi connectivity index (χ4v) is 2.49. The third kappa shape index (κ3) is 5.25. The zero-order valence-corrected chi connectivity index (χ0v) is 14.9. The second-order valence-electron chi connectivity index (χ2n) is 5.97. The van der Waals surface area contributed by atoms with Crippen molar-refractivity contribution in [1.29, 1.82) is 0 Å². The SMILES string of the molecule is O=C(N/N=C/c1cccc([N+](=O)[O-])c1)c1ccc(NCc2ccccc2)cc1. The molecule has 140 valence electrons. The summed E-state index contributed by atoms with van der Waals surface area (Å²) in [6.45, 7) is 0.694. The Labute approximate surface area is 161 Å². The number of non-ortho nitro benzene ring substituents is 1. The van der Waals surface area contributed by atoms with Crippen molar-refractivity contribution in [3.05, 3.63) is 106 Å². The lowest BCUT2D eigenvalue weighted by Gasteiger charge is -2.07. The molecule has 7 nitrogen and oxygen atoms in total. The number of benzene rings is 3. The van der Waals surface area contributed by atoms with Crippen LogP contribution in [0.5, 0.6) is 0 Å². The molecule has 1 amide bonds. The highest BCUT2D eigenvalue weighted by atomic mass is 16.6. The zero-order valence-electron chi connectivity index (χ0n) is 14.9. The molecular weight excluding hydrogens is 356 g/mol. The lowest BCUT2D eigenvalue weighted by Crippen LogP contribution is -2.17. The maximum atomic E-state index is 12.1. The summed E-state index contributed by atoms with van der Waals surface area (Å²) in [7, 11) is 0. The molecule has 2 N–H and O–H groups in total. The van der Waals surface area contributed by atoms with Crippen LogP contribution in [0, 0.1) is 10.1 Å². The Morgan fingerprint density at radius 3 is 2.46 bits per heavy atom. The third-order valence-electron chi connectivity index (χ3n) is 3.95. The van der Waals surface area contributed by atoms with E-state index in [-0.39, 0.29) is 11.6 Å². The van der Waals surface area contributed by atoms with Crippen molar-refractivity contribution < 1.29 is 9.72 Å². The van der Waals surface area contributed by atoms with E-state index in [4.69, 9.17) is 0 Å². The van der Waals surface area contributed by atoms with Crippen molar-refractivity contribution in [3.8, 4) is 0 Å². The molecule has 0 radical (unpaired) electrons. The molecular formula is C21H18N4O3. The van der Waals surface area contributed by atoms with Gasteiger partial charge in [0, 0.05) is 35.5 Å². The molecule has 0 aromatic heterocycles. The van der Waals surface area contributed by atoms with Gasteiger partial charge in [0.2, 0.25) is 0 Å². The Morgan fingerprint density at radius 2 is 1.75 bits per heavy atom. The van der Waals surface area contributed by atoms with Crippen molar-refractivity contribution in [3.63, 3.8) is 0 Å². The van der Waals surface area contributed by atoms with E-state index in [9.17, 15) is 14.9 Å². The Bertz CT molecular complexity index is 986. The number of hydrazone groups is 1. The molecule has 0 heterocycles. The van der Waals surface area contributed by atoms with Gasteiger partial charge in [0.25, 0.3) is 11.6 Å². The largest absolute Gasteiger partial charge is 0.381 e. The first-order chi connectivity index (χ1) is 13.6. The number of nitro benzene ring substituents is 1. The maximum absolute atomic E-state index is 12.1. The van der Waals surface area contributed by atoms with E-state index in [0.717, 1.165) is 5.69 Å². The molecule has 0 aliphatic heterocycles.